The van der Waals surface area contributed by atoms with Gasteiger partial charge < -0.3 is 0 Å². The molecule has 0 saturated carbocycles. The molecule has 0 nitrogen and oxygen atoms in total. The second kappa shape index (κ2) is 7.89. The second-order valence-electron chi connectivity index (χ2n) is 2.90. The molecule has 0 N–H and O–H groups in total. The van der Waals surface area contributed by atoms with Crippen LogP contribution in [0.3, 0.4) is 0 Å². The van der Waals surface area contributed by atoms with Crippen molar-refractivity contribution >= 4 is 28.0 Å². The van der Waals surface area contributed by atoms with Crippen molar-refractivity contribution in [3.05, 3.63) is 0 Å². The maximum atomic E-state index is 2.49. The molecule has 0 aliphatic heterocycles. The third-order valence-electron chi connectivity index (χ3n) is 1.87. The fraction of sp³-hybridized carbons (Fsp3) is 1.00. The Kier molecular flexibility index (Phi) is 8.50. The first kappa shape index (κ1) is 10.8. The molecule has 0 aromatic heterocycles. The van der Waals surface area contributed by atoms with Gasteiger partial charge in [0.15, 0.2) is 0 Å². The molecule has 0 fully saturated rings. The van der Waals surface area contributed by atoms with Crippen molar-refractivity contribution in [2.45, 2.75) is 45.2 Å². The van der Waals surface area contributed by atoms with Gasteiger partial charge in [0.2, 0.25) is 0 Å². The molecule has 0 saturated heterocycles. The van der Waals surface area contributed by atoms with E-state index in [9.17, 15) is 0 Å². The van der Waals surface area contributed by atoms with Crippen molar-refractivity contribution in [2.24, 2.45) is 0 Å². The first-order valence-electron chi connectivity index (χ1n) is 4.34. The SMILES string of the molecule is CCCCCC[SiH](C)S[SiH3]. The quantitative estimate of drug-likeness (QED) is 0.458. The van der Waals surface area contributed by atoms with Crippen molar-refractivity contribution in [1.29, 1.82) is 0 Å². The largest absolute Gasteiger partial charge is 0.221 e. The molecule has 0 bridgehead atoms. The first-order chi connectivity index (χ1) is 4.81. The standard InChI is InChI=1S/C7H20SSi2/c1-3-4-5-6-7-10(2)8-9/h10H,3-7H2,1-2,9H3. The number of rotatable bonds is 6. The molecule has 3 heteroatoms. The first-order valence-corrected chi connectivity index (χ1v) is 11.5. The molecule has 1 unspecified atom stereocenters. The summed E-state index contributed by atoms with van der Waals surface area (Å²) in [4.78, 5) is 0. The van der Waals surface area contributed by atoms with E-state index in [0.717, 1.165) is 0 Å². The highest BCUT2D eigenvalue weighted by molar-refractivity contribution is 8.40. The lowest BCUT2D eigenvalue weighted by Crippen LogP contribution is -1.99. The van der Waals surface area contributed by atoms with Gasteiger partial charge in [-0.15, -0.1) is 0 Å². The van der Waals surface area contributed by atoms with Crippen LogP contribution in [-0.2, 0) is 0 Å². The molecule has 10 heavy (non-hydrogen) atoms. The van der Waals surface area contributed by atoms with Gasteiger partial charge >= 0.3 is 0 Å². The Morgan fingerprint density at radius 1 is 1.30 bits per heavy atom. The second-order valence-corrected chi connectivity index (χ2v) is 13.6. The van der Waals surface area contributed by atoms with E-state index >= 15 is 0 Å². The van der Waals surface area contributed by atoms with Crippen LogP contribution in [0.25, 0.3) is 0 Å². The summed E-state index contributed by atoms with van der Waals surface area (Å²) in [5.74, 6) is 0. The Balaban J connectivity index is 2.89. The van der Waals surface area contributed by atoms with Crippen molar-refractivity contribution < 1.29 is 0 Å². The summed E-state index contributed by atoms with van der Waals surface area (Å²) < 4.78 is 0. The van der Waals surface area contributed by atoms with E-state index in [1.165, 1.54) is 35.1 Å². The highest BCUT2D eigenvalue weighted by atomic mass is 32.5. The van der Waals surface area contributed by atoms with Crippen LogP contribution in [0.2, 0.25) is 12.6 Å². The molecule has 0 rings (SSSR count). The Bertz CT molecular complexity index is 68.6. The third-order valence-corrected chi connectivity index (χ3v) is 14.3. The van der Waals surface area contributed by atoms with Crippen LogP contribution in [0.15, 0.2) is 0 Å². The Hall–Kier alpha value is 0.784. The van der Waals surface area contributed by atoms with Gasteiger partial charge in [-0.05, 0) is 0 Å². The molecule has 0 amide bonds. The minimum atomic E-state index is -0.246. The molecule has 0 aliphatic rings. The fourth-order valence-electron chi connectivity index (χ4n) is 0.976. The molecule has 0 radical (unpaired) electrons. The molecule has 0 aromatic rings. The van der Waals surface area contributed by atoms with Crippen LogP contribution >= 0.6 is 10.7 Å². The summed E-state index contributed by atoms with van der Waals surface area (Å²) >= 11 is 0. The maximum Gasteiger partial charge on any atom is 0.0896 e. The van der Waals surface area contributed by atoms with Crippen LogP contribution in [0.4, 0.5) is 0 Å². The average Bonchev–Trinajstić information content (AvgIpc) is 1.98. The van der Waals surface area contributed by atoms with Gasteiger partial charge in [0.25, 0.3) is 0 Å². The smallest absolute Gasteiger partial charge is 0.0896 e. The van der Waals surface area contributed by atoms with Gasteiger partial charge in [-0.2, -0.15) is 0 Å². The average molecular weight is 192 g/mol. The summed E-state index contributed by atoms with van der Waals surface area (Å²) in [5, 5.41) is 0. The van der Waals surface area contributed by atoms with Gasteiger partial charge in [-0.1, -0.05) is 45.2 Å². The zero-order valence-electron chi connectivity index (χ0n) is 7.52. The lowest BCUT2D eigenvalue weighted by Gasteiger charge is -2.04. The number of hydrogen-bond acceptors (Lipinski definition) is 1. The van der Waals surface area contributed by atoms with Gasteiger partial charge in [-0.25, -0.2) is 10.7 Å². The Labute approximate surface area is 73.5 Å². The molecule has 0 aliphatic carbocycles. The minimum Gasteiger partial charge on any atom is -0.221 e. The van der Waals surface area contributed by atoms with E-state index < -0.39 is 0 Å². The predicted molar refractivity (Wildman–Crippen MR) is 59.5 cm³/mol. The Morgan fingerprint density at radius 3 is 2.50 bits per heavy atom. The number of hydrogen-bond donors (Lipinski definition) is 0. The van der Waals surface area contributed by atoms with E-state index in [1.54, 1.807) is 6.04 Å². The molecule has 1 atom stereocenters. The summed E-state index contributed by atoms with van der Waals surface area (Å²) in [5.41, 5.74) is 0. The van der Waals surface area contributed by atoms with Gasteiger partial charge in [0.05, 0.1) is 17.3 Å². The van der Waals surface area contributed by atoms with Crippen LogP contribution in [0.1, 0.15) is 32.6 Å². The van der Waals surface area contributed by atoms with E-state index in [4.69, 9.17) is 0 Å². The summed E-state index contributed by atoms with van der Waals surface area (Å²) in [6.45, 7) is 4.77. The van der Waals surface area contributed by atoms with Crippen LogP contribution in [0.5, 0.6) is 0 Å². The minimum absolute atomic E-state index is 0.246. The molecule has 0 spiro atoms. The van der Waals surface area contributed by atoms with E-state index in [1.807, 2.05) is 0 Å². The molecular formula is C7H20SSi2. The van der Waals surface area contributed by atoms with Gasteiger partial charge in [0, 0.05) is 0 Å². The zero-order chi connectivity index (χ0) is 7.82. The summed E-state index contributed by atoms with van der Waals surface area (Å²) in [7, 11) is 3.39. The zero-order valence-corrected chi connectivity index (χ0v) is 11.5. The van der Waals surface area contributed by atoms with Crippen LogP contribution in [-0.4, -0.2) is 17.3 Å². The third kappa shape index (κ3) is 6.90. The van der Waals surface area contributed by atoms with Gasteiger partial charge in [0.1, 0.15) is 0 Å². The van der Waals surface area contributed by atoms with E-state index in [2.05, 4.69) is 24.1 Å². The summed E-state index contributed by atoms with van der Waals surface area (Å²) in [6, 6.07) is 1.58. The molecule has 0 heterocycles. The number of unbranched alkanes of at least 4 members (excludes halogenated alkanes) is 3. The monoisotopic (exact) mass is 192 g/mol. The fourth-order valence-corrected chi connectivity index (χ4v) is 5.40. The van der Waals surface area contributed by atoms with Crippen molar-refractivity contribution in [2.75, 3.05) is 0 Å². The van der Waals surface area contributed by atoms with E-state index in [0.29, 0.717) is 0 Å². The predicted octanol–water partition coefficient (Wildman–Crippen LogP) is 1.93. The lowest BCUT2D eigenvalue weighted by atomic mass is 10.2. The normalized spacial score (nSPS) is 13.8. The summed E-state index contributed by atoms with van der Waals surface area (Å²) in [6.07, 6.45) is 5.82. The van der Waals surface area contributed by atoms with Gasteiger partial charge in [-0.3, -0.25) is 0 Å². The van der Waals surface area contributed by atoms with Crippen molar-refractivity contribution in [3.8, 4) is 0 Å². The highest BCUT2D eigenvalue weighted by Gasteiger charge is 1.98. The molecule has 0 aromatic carbocycles. The van der Waals surface area contributed by atoms with Crippen molar-refractivity contribution in [1.82, 2.24) is 0 Å². The lowest BCUT2D eigenvalue weighted by molar-refractivity contribution is 0.700. The molecular weight excluding hydrogens is 172 g/mol. The van der Waals surface area contributed by atoms with Crippen LogP contribution in [0, 0.1) is 0 Å². The van der Waals surface area contributed by atoms with Crippen molar-refractivity contribution in [3.63, 3.8) is 0 Å². The topological polar surface area (TPSA) is 0 Å². The van der Waals surface area contributed by atoms with Crippen LogP contribution < -0.4 is 0 Å². The highest BCUT2D eigenvalue weighted by Crippen LogP contribution is 2.11. The maximum absolute atomic E-state index is 2.49. The Morgan fingerprint density at radius 2 is 2.00 bits per heavy atom. The molecule has 62 valence electrons. The van der Waals surface area contributed by atoms with E-state index in [-0.39, 0.29) is 7.95 Å².